The van der Waals surface area contributed by atoms with Crippen LogP contribution in [0.3, 0.4) is 0 Å². The van der Waals surface area contributed by atoms with E-state index in [2.05, 4.69) is 65.1 Å². The van der Waals surface area contributed by atoms with E-state index < -0.39 is 41.3 Å². The summed E-state index contributed by atoms with van der Waals surface area (Å²) in [4.78, 5) is 76.1. The number of carbonyl (C=O) groups is 5. The topological polar surface area (TPSA) is 198 Å². The van der Waals surface area contributed by atoms with Crippen LogP contribution < -0.4 is 16.1 Å². The quantitative estimate of drug-likeness (QED) is 0.0908. The van der Waals surface area contributed by atoms with Crippen LogP contribution >= 0.6 is 0 Å². The molecule has 6 bridgehead atoms. The van der Waals surface area contributed by atoms with Crippen molar-refractivity contribution in [2.75, 3.05) is 47.4 Å². The Morgan fingerprint density at radius 1 is 1.12 bits per heavy atom. The Kier molecular flexibility index (Phi) is 14.1. The van der Waals surface area contributed by atoms with E-state index in [-0.39, 0.29) is 56.1 Å². The molecule has 3 aliphatic rings. The third kappa shape index (κ3) is 10.4. The summed E-state index contributed by atoms with van der Waals surface area (Å²) in [6.07, 6.45) is 5.03. The molecule has 7 rings (SSSR count). The molecule has 65 heavy (non-hydrogen) atoms. The fraction of sp³-hybridized carbons (Fsp3) is 0.469. The Balaban J connectivity index is 1.28. The fourth-order valence-corrected chi connectivity index (χ4v) is 9.11. The largest absolute Gasteiger partial charge is 0.508 e. The molecular weight excluding hydrogens is 829 g/mol. The van der Waals surface area contributed by atoms with Crippen LogP contribution in [-0.2, 0) is 59.4 Å². The number of phenols is 1. The summed E-state index contributed by atoms with van der Waals surface area (Å²) in [6, 6.07) is 9.90. The summed E-state index contributed by atoms with van der Waals surface area (Å²) >= 11 is 0. The number of hydrogen-bond acceptors (Lipinski definition) is 11. The molecule has 2 aromatic heterocycles. The van der Waals surface area contributed by atoms with E-state index in [0.717, 1.165) is 38.9 Å². The van der Waals surface area contributed by atoms with Gasteiger partial charge in [-0.25, -0.2) is 5.43 Å². The van der Waals surface area contributed by atoms with E-state index >= 15 is 0 Å². The molecule has 2 aromatic carbocycles. The lowest BCUT2D eigenvalue weighted by Gasteiger charge is -2.36. The number of nitrogens with one attached hydrogen (secondary N) is 3. The van der Waals surface area contributed by atoms with E-state index in [1.165, 1.54) is 21.9 Å². The van der Waals surface area contributed by atoms with E-state index in [1.807, 2.05) is 24.4 Å². The number of ether oxygens (including phenoxy) is 2. The Morgan fingerprint density at radius 2 is 1.89 bits per heavy atom. The van der Waals surface area contributed by atoms with Crippen LogP contribution in [0.1, 0.15) is 63.6 Å². The van der Waals surface area contributed by atoms with Gasteiger partial charge in [0.2, 0.25) is 17.7 Å². The molecule has 4 N–H and O–H groups in total. The number of esters is 1. The lowest BCUT2D eigenvalue weighted by atomic mass is 9.84. The second-order valence-electron chi connectivity index (χ2n) is 18.4. The zero-order chi connectivity index (χ0) is 46.7. The van der Waals surface area contributed by atoms with Gasteiger partial charge in [0.05, 0.1) is 24.9 Å². The number of cyclic esters (lactones) is 1. The number of nitrogens with zero attached hydrogens (tertiary/aromatic N) is 5. The molecule has 4 atom stereocenters. The standard InChI is InChI=1S/C49H62N8O8/c1-9-56-41-13-12-31-23-35(41)36(44(56)37-25-50-16-14-32(37)27-64-8)24-49(4,5)28-65-48(63)38-11-10-17-57(53-38)47(62)39(21-30-19-33(31)22-34(58)20-30)52-45(60)43(29(2)3)55(7)42(59)15-18-54(6)46(61)40-26-51-40/h12-14,16,19-20,22-23,25,38-40,43,51,53,58H,2,9-11,15,17-18,21,24,26-28H2,1,3-8H3,(H,52,60)/t38-,39-,40-,43-/m0/s1. The van der Waals surface area contributed by atoms with Crippen molar-refractivity contribution in [2.45, 2.75) is 97.1 Å². The van der Waals surface area contributed by atoms with Crippen LogP contribution in [0.2, 0.25) is 0 Å². The molecule has 3 aliphatic heterocycles. The first-order chi connectivity index (χ1) is 31.0. The monoisotopic (exact) mass is 890 g/mol. The van der Waals surface area contributed by atoms with Crippen molar-refractivity contribution in [3.05, 3.63) is 83.7 Å². The highest BCUT2D eigenvalue weighted by molar-refractivity contribution is 5.96. The van der Waals surface area contributed by atoms with Gasteiger partial charge < -0.3 is 39.6 Å². The van der Waals surface area contributed by atoms with Gasteiger partial charge in [0.15, 0.2) is 0 Å². The van der Waals surface area contributed by atoms with Crippen LogP contribution in [-0.4, -0.2) is 131 Å². The van der Waals surface area contributed by atoms with Crippen molar-refractivity contribution in [1.82, 2.24) is 40.4 Å². The molecule has 346 valence electrons. The fourth-order valence-electron chi connectivity index (χ4n) is 9.11. The highest BCUT2D eigenvalue weighted by Gasteiger charge is 2.38. The van der Waals surface area contributed by atoms with Crippen molar-refractivity contribution < 1.29 is 38.6 Å². The summed E-state index contributed by atoms with van der Waals surface area (Å²) in [6.45, 7) is 14.1. The van der Waals surface area contributed by atoms with Crippen LogP contribution in [0.15, 0.2) is 67.0 Å². The third-order valence-corrected chi connectivity index (χ3v) is 12.6. The van der Waals surface area contributed by atoms with Crippen molar-refractivity contribution in [2.24, 2.45) is 5.41 Å². The normalized spacial score (nSPS) is 20.0. The maximum atomic E-state index is 14.6. The maximum Gasteiger partial charge on any atom is 0.324 e. The van der Waals surface area contributed by atoms with E-state index in [1.54, 1.807) is 39.4 Å². The first-order valence-electron chi connectivity index (χ1n) is 22.3. The first-order valence-corrected chi connectivity index (χ1v) is 22.3. The average Bonchev–Trinajstić information content (AvgIpc) is 4.09. The van der Waals surface area contributed by atoms with E-state index in [4.69, 9.17) is 9.47 Å². The Bertz CT molecular complexity index is 2490. The van der Waals surface area contributed by atoms with Gasteiger partial charge in [0, 0.05) is 94.5 Å². The summed E-state index contributed by atoms with van der Waals surface area (Å²) in [5.74, 6) is -2.15. The minimum atomic E-state index is -1.20. The number of aryl methyl sites for hydroxylation is 1. The number of likely N-dealkylation sites (N-methyl/N-ethyl adjacent to an activating group) is 2. The summed E-state index contributed by atoms with van der Waals surface area (Å²) in [5, 5.41) is 19.5. The molecule has 0 unspecified atom stereocenters. The van der Waals surface area contributed by atoms with Crippen molar-refractivity contribution >= 4 is 40.5 Å². The number of fused-ring (bicyclic) bond motifs is 6. The molecular formula is C49H62N8O8. The average molecular weight is 891 g/mol. The van der Waals surface area contributed by atoms with E-state index in [9.17, 15) is 29.1 Å². The van der Waals surface area contributed by atoms with Crippen LogP contribution in [0.4, 0.5) is 0 Å². The Morgan fingerprint density at radius 3 is 2.60 bits per heavy atom. The van der Waals surface area contributed by atoms with Gasteiger partial charge in [-0.1, -0.05) is 32.6 Å². The number of aromatic hydroxyl groups is 1. The van der Waals surface area contributed by atoms with Crippen LogP contribution in [0.5, 0.6) is 5.75 Å². The first kappa shape index (κ1) is 46.9. The van der Waals surface area contributed by atoms with Gasteiger partial charge in [0.25, 0.3) is 5.91 Å². The number of hydrogen-bond donors (Lipinski definition) is 4. The number of carbonyl (C=O) groups excluding carboxylic acids is 5. The molecule has 2 saturated heterocycles. The predicted molar refractivity (Wildman–Crippen MR) is 246 cm³/mol. The molecule has 0 aliphatic carbocycles. The molecule has 0 saturated carbocycles. The molecule has 4 amide bonds. The molecule has 5 heterocycles. The summed E-state index contributed by atoms with van der Waals surface area (Å²) < 4.78 is 14.0. The number of methoxy groups -OCH3 is 1. The lowest BCUT2D eigenvalue weighted by Crippen LogP contribution is -2.61. The molecule has 2 fully saturated rings. The second-order valence-corrected chi connectivity index (χ2v) is 18.4. The summed E-state index contributed by atoms with van der Waals surface area (Å²) in [7, 11) is 4.80. The highest BCUT2D eigenvalue weighted by Crippen LogP contribution is 2.41. The maximum absolute atomic E-state index is 14.6. The number of amides is 4. The molecule has 16 heteroatoms. The lowest BCUT2D eigenvalue weighted by molar-refractivity contribution is -0.155. The minimum Gasteiger partial charge on any atom is -0.508 e. The van der Waals surface area contributed by atoms with Crippen molar-refractivity contribution in [1.29, 1.82) is 0 Å². The Hall–Kier alpha value is -6.10. The van der Waals surface area contributed by atoms with Crippen LogP contribution in [0, 0.1) is 5.41 Å². The SMILES string of the molecule is C=C(C)[C@@H](C(=O)N[C@H]1Cc2cc(O)cc(c2)-c2ccc3c(c2)c(c(-c2cnccc2COC)n3CC)CC(C)(C)COC(=O)[C@@H]2CCCN(N2)C1=O)N(C)C(=O)CCN(C)C(=O)[C@@H]1CN1. The minimum absolute atomic E-state index is 0.0257. The number of rotatable bonds is 12. The predicted octanol–water partition coefficient (Wildman–Crippen LogP) is 4.11. The molecule has 0 spiro atoms. The van der Waals surface area contributed by atoms with Crippen molar-refractivity contribution in [3.63, 3.8) is 0 Å². The third-order valence-electron chi connectivity index (χ3n) is 12.6. The molecule has 0 radical (unpaired) electrons. The van der Waals surface area contributed by atoms with Crippen LogP contribution in [0.25, 0.3) is 33.3 Å². The second kappa shape index (κ2) is 19.6. The molecule has 16 nitrogen and oxygen atoms in total. The number of phenolic OH excluding ortho intramolecular Hbond substituents is 1. The number of aromatic nitrogens is 2. The van der Waals surface area contributed by atoms with Gasteiger partial charge in [-0.05, 0) is 96.8 Å². The van der Waals surface area contributed by atoms with E-state index in [0.29, 0.717) is 55.7 Å². The van der Waals surface area contributed by atoms with Gasteiger partial charge in [0.1, 0.15) is 23.9 Å². The number of benzene rings is 2. The Labute approximate surface area is 380 Å². The zero-order valence-corrected chi connectivity index (χ0v) is 38.5. The molecule has 4 aromatic rings. The smallest absolute Gasteiger partial charge is 0.324 e. The van der Waals surface area contributed by atoms with Gasteiger partial charge in [-0.3, -0.25) is 34.0 Å². The van der Waals surface area contributed by atoms with Crippen molar-refractivity contribution in [3.8, 4) is 28.1 Å². The summed E-state index contributed by atoms with van der Waals surface area (Å²) in [5.41, 5.74) is 9.99. The van der Waals surface area contributed by atoms with Gasteiger partial charge in [-0.15, -0.1) is 0 Å². The zero-order valence-electron chi connectivity index (χ0n) is 38.5. The van der Waals surface area contributed by atoms with Gasteiger partial charge in [-0.2, -0.15) is 0 Å². The van der Waals surface area contributed by atoms with Gasteiger partial charge >= 0.3 is 5.97 Å². The number of pyridine rings is 1. The highest BCUT2D eigenvalue weighted by atomic mass is 16.5. The number of hydrazine groups is 1.